The van der Waals surface area contributed by atoms with Gasteiger partial charge >= 0.3 is 0 Å². The van der Waals surface area contributed by atoms with Crippen molar-refractivity contribution in [1.29, 1.82) is 0 Å². The summed E-state index contributed by atoms with van der Waals surface area (Å²) in [6, 6.07) is 8.98. The zero-order chi connectivity index (χ0) is 10.2. The molecule has 2 rings (SSSR count). The first-order chi connectivity index (χ1) is 6.63. The number of anilines is 1. The molecule has 1 heterocycles. The Balaban J connectivity index is 2.19. The second-order valence-electron chi connectivity index (χ2n) is 4.75. The van der Waals surface area contributed by atoms with E-state index in [1.165, 1.54) is 11.3 Å². The highest BCUT2D eigenvalue weighted by Crippen LogP contribution is 2.33. The minimum atomic E-state index is 0.166. The molecule has 0 radical (unpaired) electrons. The molecule has 0 aliphatic carbocycles. The quantitative estimate of drug-likeness (QED) is 0.748. The van der Waals surface area contributed by atoms with Crippen molar-refractivity contribution in [3.63, 3.8) is 0 Å². The molecule has 1 aromatic carbocycles. The number of hydrogen-bond donors (Lipinski definition) is 2. The zero-order valence-electron chi connectivity index (χ0n) is 8.88. The van der Waals surface area contributed by atoms with E-state index in [0.29, 0.717) is 6.04 Å². The lowest BCUT2D eigenvalue weighted by Gasteiger charge is -2.30. The number of benzene rings is 1. The Morgan fingerprint density at radius 3 is 2.79 bits per heavy atom. The van der Waals surface area contributed by atoms with Crippen LogP contribution in [0.15, 0.2) is 24.3 Å². The van der Waals surface area contributed by atoms with Crippen molar-refractivity contribution in [2.45, 2.75) is 26.3 Å². The van der Waals surface area contributed by atoms with Gasteiger partial charge in [0, 0.05) is 11.7 Å². The molecule has 3 N–H and O–H groups in total. The summed E-state index contributed by atoms with van der Waals surface area (Å²) < 4.78 is 0. The second-order valence-corrected chi connectivity index (χ2v) is 4.75. The van der Waals surface area contributed by atoms with Crippen LogP contribution in [0.1, 0.15) is 19.4 Å². The van der Waals surface area contributed by atoms with E-state index in [2.05, 4.69) is 43.4 Å². The summed E-state index contributed by atoms with van der Waals surface area (Å²) in [4.78, 5) is 0. The largest absolute Gasteiger partial charge is 0.381 e. The van der Waals surface area contributed by atoms with Crippen LogP contribution in [0.2, 0.25) is 0 Å². The van der Waals surface area contributed by atoms with E-state index in [4.69, 9.17) is 5.73 Å². The third-order valence-corrected chi connectivity index (χ3v) is 3.24. The molecule has 1 atom stereocenters. The third-order valence-electron chi connectivity index (χ3n) is 3.24. The van der Waals surface area contributed by atoms with Gasteiger partial charge in [0.2, 0.25) is 0 Å². The Morgan fingerprint density at radius 1 is 1.43 bits per heavy atom. The lowest BCUT2D eigenvalue weighted by Crippen LogP contribution is -2.40. The number of nitrogens with two attached hydrogens (primary N) is 1. The van der Waals surface area contributed by atoms with Crippen molar-refractivity contribution >= 4 is 5.69 Å². The number of nitrogens with one attached hydrogen (secondary N) is 1. The summed E-state index contributed by atoms with van der Waals surface area (Å²) in [7, 11) is 0. The van der Waals surface area contributed by atoms with Crippen LogP contribution in [0.4, 0.5) is 5.69 Å². The van der Waals surface area contributed by atoms with E-state index >= 15 is 0 Å². The average Bonchev–Trinajstić information content (AvgIpc) is 2.61. The molecule has 2 heteroatoms. The van der Waals surface area contributed by atoms with E-state index in [-0.39, 0.29) is 5.41 Å². The molecule has 0 bridgehead atoms. The molecule has 0 saturated heterocycles. The van der Waals surface area contributed by atoms with Gasteiger partial charge < -0.3 is 11.1 Å². The normalized spacial score (nSPS) is 20.4. The van der Waals surface area contributed by atoms with Gasteiger partial charge in [-0.2, -0.15) is 0 Å². The Morgan fingerprint density at radius 2 is 2.14 bits per heavy atom. The van der Waals surface area contributed by atoms with Crippen LogP contribution in [0.5, 0.6) is 0 Å². The van der Waals surface area contributed by atoms with Gasteiger partial charge in [0.1, 0.15) is 0 Å². The summed E-state index contributed by atoms with van der Waals surface area (Å²) in [5, 5.41) is 3.55. The Hall–Kier alpha value is -1.02. The van der Waals surface area contributed by atoms with Gasteiger partial charge in [-0.1, -0.05) is 32.0 Å². The average molecular weight is 190 g/mol. The molecular formula is C12H18N2. The standard InChI is InChI=1S/C12H18N2/c1-12(2,8-13)11-7-9-5-3-4-6-10(9)14-11/h3-6,11,14H,7-8,13H2,1-2H3. The summed E-state index contributed by atoms with van der Waals surface area (Å²) in [5.74, 6) is 0. The first-order valence-electron chi connectivity index (χ1n) is 5.18. The molecule has 2 nitrogen and oxygen atoms in total. The van der Waals surface area contributed by atoms with Crippen molar-refractivity contribution in [3.8, 4) is 0 Å². The molecule has 1 aliphatic rings. The highest BCUT2D eigenvalue weighted by molar-refractivity contribution is 5.57. The fraction of sp³-hybridized carbons (Fsp3) is 0.500. The SMILES string of the molecule is CC(C)(CN)C1Cc2ccccc2N1. The number of hydrogen-bond acceptors (Lipinski definition) is 2. The number of fused-ring (bicyclic) bond motifs is 1. The van der Waals surface area contributed by atoms with Crippen molar-refractivity contribution in [1.82, 2.24) is 0 Å². The zero-order valence-corrected chi connectivity index (χ0v) is 8.88. The van der Waals surface area contributed by atoms with Gasteiger partial charge in [0.05, 0.1) is 0 Å². The topological polar surface area (TPSA) is 38.0 Å². The maximum atomic E-state index is 5.78. The van der Waals surface area contributed by atoms with Gasteiger partial charge in [0.15, 0.2) is 0 Å². The van der Waals surface area contributed by atoms with Gasteiger partial charge in [-0.25, -0.2) is 0 Å². The lowest BCUT2D eigenvalue weighted by atomic mass is 9.83. The van der Waals surface area contributed by atoms with Crippen LogP contribution in [0.25, 0.3) is 0 Å². The summed E-state index contributed by atoms with van der Waals surface area (Å²) in [5.41, 5.74) is 8.64. The van der Waals surface area contributed by atoms with Crippen molar-refractivity contribution in [3.05, 3.63) is 29.8 Å². The molecule has 14 heavy (non-hydrogen) atoms. The van der Waals surface area contributed by atoms with E-state index in [1.807, 2.05) is 0 Å². The molecule has 76 valence electrons. The maximum absolute atomic E-state index is 5.78. The summed E-state index contributed by atoms with van der Waals surface area (Å²) >= 11 is 0. The molecule has 0 aromatic heterocycles. The Kier molecular flexibility index (Phi) is 2.23. The minimum Gasteiger partial charge on any atom is -0.381 e. The van der Waals surface area contributed by atoms with E-state index in [9.17, 15) is 0 Å². The van der Waals surface area contributed by atoms with Crippen LogP contribution in [0, 0.1) is 5.41 Å². The molecule has 0 fully saturated rings. The molecule has 0 amide bonds. The van der Waals surface area contributed by atoms with Crippen LogP contribution in [-0.4, -0.2) is 12.6 Å². The van der Waals surface area contributed by atoms with Crippen LogP contribution < -0.4 is 11.1 Å². The molecule has 0 saturated carbocycles. The highest BCUT2D eigenvalue weighted by Gasteiger charge is 2.32. The second kappa shape index (κ2) is 3.28. The smallest absolute Gasteiger partial charge is 0.0375 e. The molecule has 1 unspecified atom stereocenters. The third kappa shape index (κ3) is 1.50. The Bertz CT molecular complexity index is 306. The number of rotatable bonds is 2. The first kappa shape index (κ1) is 9.53. The van der Waals surface area contributed by atoms with Crippen LogP contribution >= 0.6 is 0 Å². The Labute approximate surface area is 85.5 Å². The predicted molar refractivity (Wildman–Crippen MR) is 60.4 cm³/mol. The van der Waals surface area contributed by atoms with Crippen LogP contribution in [-0.2, 0) is 6.42 Å². The predicted octanol–water partition coefficient (Wildman–Crippen LogP) is 2.01. The first-order valence-corrected chi connectivity index (χ1v) is 5.18. The summed E-state index contributed by atoms with van der Waals surface area (Å²) in [6.45, 7) is 5.16. The fourth-order valence-electron chi connectivity index (χ4n) is 1.91. The molecular weight excluding hydrogens is 172 g/mol. The number of para-hydroxylation sites is 1. The van der Waals surface area contributed by atoms with E-state index < -0.39 is 0 Å². The lowest BCUT2D eigenvalue weighted by molar-refractivity contribution is 0.320. The highest BCUT2D eigenvalue weighted by atomic mass is 15.0. The molecule has 1 aliphatic heterocycles. The van der Waals surface area contributed by atoms with Gasteiger partial charge in [-0.15, -0.1) is 0 Å². The van der Waals surface area contributed by atoms with E-state index in [1.54, 1.807) is 0 Å². The van der Waals surface area contributed by atoms with Crippen molar-refractivity contribution in [2.75, 3.05) is 11.9 Å². The minimum absolute atomic E-state index is 0.166. The molecule has 1 aromatic rings. The van der Waals surface area contributed by atoms with Gasteiger partial charge in [-0.3, -0.25) is 0 Å². The van der Waals surface area contributed by atoms with Crippen molar-refractivity contribution in [2.24, 2.45) is 11.1 Å². The van der Waals surface area contributed by atoms with Gasteiger partial charge in [0.25, 0.3) is 0 Å². The van der Waals surface area contributed by atoms with Crippen LogP contribution in [0.3, 0.4) is 0 Å². The van der Waals surface area contributed by atoms with Crippen molar-refractivity contribution < 1.29 is 0 Å². The van der Waals surface area contributed by atoms with Gasteiger partial charge in [-0.05, 0) is 30.0 Å². The summed E-state index contributed by atoms with van der Waals surface area (Å²) in [6.07, 6.45) is 1.10. The fourth-order valence-corrected chi connectivity index (χ4v) is 1.91. The maximum Gasteiger partial charge on any atom is 0.0375 e. The van der Waals surface area contributed by atoms with E-state index in [0.717, 1.165) is 13.0 Å². The molecule has 0 spiro atoms. The monoisotopic (exact) mass is 190 g/mol.